The van der Waals surface area contributed by atoms with Gasteiger partial charge in [0.1, 0.15) is 0 Å². The molecule has 1 aromatic carbocycles. The van der Waals surface area contributed by atoms with Crippen molar-refractivity contribution >= 4 is 11.7 Å². The zero-order chi connectivity index (χ0) is 19.3. The molecule has 0 heterocycles. The molecule has 5 atom stereocenters. The number of nitro groups is 1. The Morgan fingerprint density at radius 2 is 1.96 bits per heavy atom. The second-order valence-corrected chi connectivity index (χ2v) is 8.56. The fourth-order valence-electron chi connectivity index (χ4n) is 5.67. The molecule has 0 saturated heterocycles. The molecule has 7 nitrogen and oxygen atoms in total. The molecule has 4 rings (SSSR count). The van der Waals surface area contributed by atoms with Crippen molar-refractivity contribution in [1.29, 1.82) is 0 Å². The normalized spacial score (nSPS) is 31.7. The minimum Gasteiger partial charge on any atom is -0.478 e. The highest BCUT2D eigenvalue weighted by atomic mass is 16.7. The van der Waals surface area contributed by atoms with Crippen LogP contribution in [0.25, 0.3) is 0 Å². The molecule has 27 heavy (non-hydrogen) atoms. The quantitative estimate of drug-likeness (QED) is 0.453. The molecule has 1 N–H and O–H groups in total. The number of nitrogens with zero attached hydrogens (tertiary/aromatic N) is 1. The zero-order valence-corrected chi connectivity index (χ0v) is 15.6. The second kappa shape index (κ2) is 6.48. The number of benzene rings is 1. The van der Waals surface area contributed by atoms with E-state index < -0.39 is 16.7 Å². The van der Waals surface area contributed by atoms with Gasteiger partial charge in [-0.05, 0) is 55.4 Å². The number of hydrogen-bond acceptors (Lipinski definition) is 5. The molecule has 3 saturated carbocycles. The molecular weight excluding hydrogens is 350 g/mol. The van der Waals surface area contributed by atoms with E-state index in [1.807, 2.05) is 0 Å². The van der Waals surface area contributed by atoms with Gasteiger partial charge in [-0.3, -0.25) is 10.1 Å². The van der Waals surface area contributed by atoms with Crippen LogP contribution in [0, 0.1) is 33.8 Å². The Hall–Kier alpha value is -2.15. The van der Waals surface area contributed by atoms with Crippen molar-refractivity contribution in [3.8, 4) is 5.75 Å². The lowest BCUT2D eigenvalue weighted by molar-refractivity contribution is -0.387. The first-order valence-electron chi connectivity index (χ1n) is 9.64. The maximum Gasteiger partial charge on any atom is 0.335 e. The summed E-state index contributed by atoms with van der Waals surface area (Å²) < 4.78 is 12.1. The van der Waals surface area contributed by atoms with Gasteiger partial charge < -0.3 is 14.6 Å². The van der Waals surface area contributed by atoms with E-state index in [0.717, 1.165) is 30.2 Å². The standard InChI is InChI=1S/C20H25NO6/c1-20(2,26-17-10-12-8-15(17)14-5-3-4-13(12)14)27-18-9-11(19(22)23)6-7-16(18)21(24)25/h6-7,9,12-15,17H,3-5,8,10H2,1-2H3,(H,22,23). The number of rotatable bonds is 6. The number of nitro benzene ring substituents is 1. The highest BCUT2D eigenvalue weighted by Gasteiger charge is 2.55. The highest BCUT2D eigenvalue weighted by molar-refractivity contribution is 5.88. The smallest absolute Gasteiger partial charge is 0.335 e. The molecule has 3 fully saturated rings. The number of aromatic carboxylic acids is 1. The Bertz CT molecular complexity index is 776. The minimum atomic E-state index is -1.16. The predicted octanol–water partition coefficient (Wildman–Crippen LogP) is 4.25. The summed E-state index contributed by atoms with van der Waals surface area (Å²) in [6, 6.07) is 3.56. The predicted molar refractivity (Wildman–Crippen MR) is 96.7 cm³/mol. The lowest BCUT2D eigenvalue weighted by Crippen LogP contribution is -2.41. The number of hydrogen-bond donors (Lipinski definition) is 1. The van der Waals surface area contributed by atoms with Gasteiger partial charge in [0.05, 0.1) is 16.6 Å². The van der Waals surface area contributed by atoms with Crippen LogP contribution in [0.1, 0.15) is 56.3 Å². The van der Waals surface area contributed by atoms with E-state index in [1.54, 1.807) is 13.8 Å². The van der Waals surface area contributed by atoms with E-state index in [4.69, 9.17) is 14.6 Å². The Kier molecular flexibility index (Phi) is 4.37. The van der Waals surface area contributed by atoms with Gasteiger partial charge in [-0.25, -0.2) is 4.79 Å². The molecule has 0 aromatic heterocycles. The van der Waals surface area contributed by atoms with Crippen molar-refractivity contribution in [2.75, 3.05) is 0 Å². The molecule has 3 aliphatic carbocycles. The molecule has 146 valence electrons. The molecule has 0 aliphatic heterocycles. The molecule has 0 radical (unpaired) electrons. The highest BCUT2D eigenvalue weighted by Crippen LogP contribution is 2.59. The maximum absolute atomic E-state index is 11.3. The first-order chi connectivity index (χ1) is 12.7. The van der Waals surface area contributed by atoms with Gasteiger partial charge >= 0.3 is 11.7 Å². The lowest BCUT2D eigenvalue weighted by atomic mass is 9.80. The molecule has 2 bridgehead atoms. The van der Waals surface area contributed by atoms with Crippen molar-refractivity contribution in [2.45, 2.75) is 57.8 Å². The number of carboxylic acids is 1. The summed E-state index contributed by atoms with van der Waals surface area (Å²) in [5, 5.41) is 20.5. The van der Waals surface area contributed by atoms with Crippen molar-refractivity contribution in [3.05, 3.63) is 33.9 Å². The summed E-state index contributed by atoms with van der Waals surface area (Å²) in [5.41, 5.74) is -0.319. The Morgan fingerprint density at radius 1 is 1.22 bits per heavy atom. The van der Waals surface area contributed by atoms with Gasteiger partial charge in [-0.15, -0.1) is 0 Å². The Balaban J connectivity index is 1.51. The monoisotopic (exact) mass is 375 g/mol. The summed E-state index contributed by atoms with van der Waals surface area (Å²) in [7, 11) is 0. The van der Waals surface area contributed by atoms with E-state index in [1.165, 1.54) is 37.8 Å². The molecule has 7 heteroatoms. The Morgan fingerprint density at radius 3 is 2.67 bits per heavy atom. The molecule has 3 aliphatic rings. The number of carbonyl (C=O) groups is 1. The van der Waals surface area contributed by atoms with Gasteiger partial charge in [0.2, 0.25) is 11.5 Å². The van der Waals surface area contributed by atoms with Crippen LogP contribution in [0.15, 0.2) is 18.2 Å². The zero-order valence-electron chi connectivity index (χ0n) is 15.6. The summed E-state index contributed by atoms with van der Waals surface area (Å²) in [6.45, 7) is 3.48. The number of fused-ring (bicyclic) bond motifs is 5. The van der Waals surface area contributed by atoms with Crippen LogP contribution in [0.5, 0.6) is 5.75 Å². The molecule has 1 aromatic rings. The second-order valence-electron chi connectivity index (χ2n) is 8.56. The summed E-state index contributed by atoms with van der Waals surface area (Å²) >= 11 is 0. The van der Waals surface area contributed by atoms with E-state index in [0.29, 0.717) is 5.92 Å². The fourth-order valence-corrected chi connectivity index (χ4v) is 5.67. The lowest BCUT2D eigenvalue weighted by Gasteiger charge is -2.37. The van der Waals surface area contributed by atoms with Crippen LogP contribution < -0.4 is 4.74 Å². The van der Waals surface area contributed by atoms with E-state index in [2.05, 4.69) is 0 Å². The molecule has 0 spiro atoms. The van der Waals surface area contributed by atoms with Crippen LogP contribution in [-0.2, 0) is 4.74 Å². The molecular formula is C20H25NO6. The third-order valence-corrected chi connectivity index (χ3v) is 6.56. The van der Waals surface area contributed by atoms with Gasteiger partial charge in [0.25, 0.3) is 0 Å². The van der Waals surface area contributed by atoms with Gasteiger partial charge in [-0.1, -0.05) is 6.42 Å². The average Bonchev–Trinajstić information content (AvgIpc) is 3.26. The van der Waals surface area contributed by atoms with Gasteiger partial charge in [0, 0.05) is 26.0 Å². The fraction of sp³-hybridized carbons (Fsp3) is 0.650. The van der Waals surface area contributed by atoms with Crippen LogP contribution in [0.4, 0.5) is 5.69 Å². The minimum absolute atomic E-state index is 0.0554. The van der Waals surface area contributed by atoms with Crippen molar-refractivity contribution in [3.63, 3.8) is 0 Å². The van der Waals surface area contributed by atoms with E-state index in [9.17, 15) is 14.9 Å². The van der Waals surface area contributed by atoms with Gasteiger partial charge in [-0.2, -0.15) is 0 Å². The van der Waals surface area contributed by atoms with E-state index in [-0.39, 0.29) is 23.1 Å². The topological polar surface area (TPSA) is 98.9 Å². The summed E-state index contributed by atoms with van der Waals surface area (Å²) in [4.78, 5) is 21.9. The largest absolute Gasteiger partial charge is 0.478 e. The third-order valence-electron chi connectivity index (χ3n) is 6.56. The van der Waals surface area contributed by atoms with Crippen LogP contribution in [-0.4, -0.2) is 27.9 Å². The van der Waals surface area contributed by atoms with Crippen LogP contribution in [0.3, 0.4) is 0 Å². The first kappa shape index (κ1) is 18.2. The molecule has 0 amide bonds. The average molecular weight is 375 g/mol. The number of ether oxygens (including phenoxy) is 2. The summed E-state index contributed by atoms with van der Waals surface area (Å²) in [5.74, 6) is 0.561. The maximum atomic E-state index is 11.3. The van der Waals surface area contributed by atoms with Crippen molar-refractivity contribution in [1.82, 2.24) is 0 Å². The number of carboxylic acid groups (broad SMARTS) is 1. The summed E-state index contributed by atoms with van der Waals surface area (Å²) in [6.07, 6.45) is 6.26. The van der Waals surface area contributed by atoms with Crippen molar-refractivity contribution in [2.24, 2.45) is 23.7 Å². The first-order valence-corrected chi connectivity index (χ1v) is 9.64. The molecule has 5 unspecified atom stereocenters. The Labute approximate surface area is 157 Å². The third kappa shape index (κ3) is 3.29. The van der Waals surface area contributed by atoms with Crippen molar-refractivity contribution < 1.29 is 24.3 Å². The van der Waals surface area contributed by atoms with Gasteiger partial charge in [0.15, 0.2) is 0 Å². The van der Waals surface area contributed by atoms with Crippen LogP contribution >= 0.6 is 0 Å². The van der Waals surface area contributed by atoms with E-state index >= 15 is 0 Å². The van der Waals surface area contributed by atoms with Crippen LogP contribution in [0.2, 0.25) is 0 Å². The SMILES string of the molecule is CC(C)(Oc1cc(C(=O)O)ccc1[N+](=O)[O-])OC1CC2CC1C1CCCC21.